The first-order valence-corrected chi connectivity index (χ1v) is 6.46. The summed E-state index contributed by atoms with van der Waals surface area (Å²) in [6.45, 7) is 6.74. The average Bonchev–Trinajstić information content (AvgIpc) is 3.05. The van der Waals surface area contributed by atoms with Crippen molar-refractivity contribution in [3.05, 3.63) is 29.3 Å². The van der Waals surface area contributed by atoms with Crippen LogP contribution in [-0.4, -0.2) is 5.91 Å². The number of hydrogen-bond acceptors (Lipinski definition) is 1. The number of amides is 1. The molecule has 2 heteroatoms. The number of nitrogens with one attached hydrogen (secondary N) is 1. The van der Waals surface area contributed by atoms with Crippen molar-refractivity contribution in [2.24, 2.45) is 0 Å². The molecule has 2 aliphatic rings. The van der Waals surface area contributed by atoms with Crippen molar-refractivity contribution >= 4 is 11.6 Å². The highest BCUT2D eigenvalue weighted by molar-refractivity contribution is 6.08. The lowest BCUT2D eigenvalue weighted by Gasteiger charge is -2.24. The molecule has 1 aromatic rings. The van der Waals surface area contributed by atoms with Crippen molar-refractivity contribution in [3.8, 4) is 0 Å². The molecule has 0 atom stereocenters. The normalized spacial score (nSPS) is 20.3. The predicted molar refractivity (Wildman–Crippen MR) is 69.3 cm³/mol. The molecule has 1 amide bonds. The lowest BCUT2D eigenvalue weighted by Crippen LogP contribution is -2.19. The molecule has 0 radical (unpaired) electrons. The van der Waals surface area contributed by atoms with Gasteiger partial charge in [-0.1, -0.05) is 32.9 Å². The molecular weight excluding hydrogens is 210 g/mol. The molecular formula is C15H19NO. The van der Waals surface area contributed by atoms with Crippen LogP contribution in [0.5, 0.6) is 0 Å². The minimum atomic E-state index is -0.158. The molecule has 17 heavy (non-hydrogen) atoms. The van der Waals surface area contributed by atoms with Crippen LogP contribution in [0.4, 0.5) is 5.69 Å². The lowest BCUT2D eigenvalue weighted by molar-refractivity contribution is -0.117. The van der Waals surface area contributed by atoms with Gasteiger partial charge in [-0.3, -0.25) is 4.79 Å². The largest absolute Gasteiger partial charge is 0.325 e. The maximum Gasteiger partial charge on any atom is 0.235 e. The van der Waals surface area contributed by atoms with Crippen LogP contribution < -0.4 is 5.32 Å². The third kappa shape index (κ3) is 1.36. The smallest absolute Gasteiger partial charge is 0.235 e. The second-order valence-electron chi connectivity index (χ2n) is 6.03. The highest BCUT2D eigenvalue weighted by Gasteiger charge is 2.56. The van der Waals surface area contributed by atoms with Crippen LogP contribution in [0.15, 0.2) is 18.2 Å². The first-order chi connectivity index (χ1) is 7.99. The van der Waals surface area contributed by atoms with Gasteiger partial charge in [0.05, 0.1) is 5.41 Å². The molecule has 2 nitrogen and oxygen atoms in total. The van der Waals surface area contributed by atoms with E-state index in [9.17, 15) is 4.79 Å². The Morgan fingerprint density at radius 2 is 2.06 bits per heavy atom. The Bertz CT molecular complexity index is 498. The van der Waals surface area contributed by atoms with E-state index < -0.39 is 0 Å². The van der Waals surface area contributed by atoms with Gasteiger partial charge in [0.15, 0.2) is 0 Å². The fraction of sp³-hybridized carbons (Fsp3) is 0.533. The van der Waals surface area contributed by atoms with Crippen LogP contribution in [0.3, 0.4) is 0 Å². The number of anilines is 1. The summed E-state index contributed by atoms with van der Waals surface area (Å²) in [6.07, 6.45) is 3.14. The summed E-state index contributed by atoms with van der Waals surface area (Å²) in [6, 6.07) is 6.49. The Kier molecular flexibility index (Phi) is 1.99. The van der Waals surface area contributed by atoms with Gasteiger partial charge in [-0.15, -0.1) is 0 Å². The second kappa shape index (κ2) is 3.12. The summed E-state index contributed by atoms with van der Waals surface area (Å²) in [4.78, 5) is 11.9. The fourth-order valence-electron chi connectivity index (χ4n) is 2.66. The first kappa shape index (κ1) is 10.8. The Labute approximate surface area is 102 Å². The Hall–Kier alpha value is -1.31. The zero-order valence-electron chi connectivity index (χ0n) is 10.8. The number of hydrogen-bond donors (Lipinski definition) is 1. The van der Waals surface area contributed by atoms with Crippen molar-refractivity contribution in [3.63, 3.8) is 0 Å². The van der Waals surface area contributed by atoms with Gasteiger partial charge in [-0.2, -0.15) is 0 Å². The van der Waals surface area contributed by atoms with E-state index in [1.165, 1.54) is 11.1 Å². The fourth-order valence-corrected chi connectivity index (χ4v) is 2.66. The summed E-state index contributed by atoms with van der Waals surface area (Å²) < 4.78 is 0. The SMILES string of the molecule is CCC(C)(C)c1ccc2c(c1)C1(CC1)C(=O)N2. The van der Waals surface area contributed by atoms with Gasteiger partial charge in [0, 0.05) is 5.69 Å². The molecule has 1 spiro atoms. The summed E-state index contributed by atoms with van der Waals surface area (Å²) in [7, 11) is 0. The van der Waals surface area contributed by atoms with Crippen LogP contribution in [-0.2, 0) is 15.6 Å². The maximum absolute atomic E-state index is 11.9. The molecule has 1 heterocycles. The zero-order chi connectivity index (χ0) is 12.3. The average molecular weight is 229 g/mol. The predicted octanol–water partition coefficient (Wildman–Crippen LogP) is 3.36. The van der Waals surface area contributed by atoms with Gasteiger partial charge in [0.25, 0.3) is 0 Å². The Morgan fingerprint density at radius 1 is 1.35 bits per heavy atom. The maximum atomic E-state index is 11.9. The van der Waals surface area contributed by atoms with Gasteiger partial charge in [0.1, 0.15) is 0 Å². The summed E-state index contributed by atoms with van der Waals surface area (Å²) in [5.74, 6) is 0.207. The second-order valence-corrected chi connectivity index (χ2v) is 6.03. The number of carbonyl (C=O) groups excluding carboxylic acids is 1. The van der Waals surface area contributed by atoms with Crippen molar-refractivity contribution in [2.75, 3.05) is 5.32 Å². The minimum Gasteiger partial charge on any atom is -0.325 e. The van der Waals surface area contributed by atoms with E-state index in [1.807, 2.05) is 0 Å². The Morgan fingerprint density at radius 3 is 2.65 bits per heavy atom. The third-order valence-electron chi connectivity index (χ3n) is 4.63. The van der Waals surface area contributed by atoms with Crippen LogP contribution in [0.2, 0.25) is 0 Å². The molecule has 1 aromatic carbocycles. The van der Waals surface area contributed by atoms with Crippen molar-refractivity contribution in [2.45, 2.75) is 50.9 Å². The van der Waals surface area contributed by atoms with Gasteiger partial charge in [0.2, 0.25) is 5.91 Å². The van der Waals surface area contributed by atoms with E-state index in [4.69, 9.17) is 0 Å². The number of carbonyl (C=O) groups is 1. The molecule has 1 fully saturated rings. The first-order valence-electron chi connectivity index (χ1n) is 6.46. The molecule has 1 N–H and O–H groups in total. The number of rotatable bonds is 2. The molecule has 1 aliphatic heterocycles. The van der Waals surface area contributed by atoms with E-state index in [2.05, 4.69) is 44.3 Å². The van der Waals surface area contributed by atoms with E-state index in [-0.39, 0.29) is 16.7 Å². The summed E-state index contributed by atoms with van der Waals surface area (Å²) in [5, 5.41) is 3.01. The highest BCUT2D eigenvalue weighted by Crippen LogP contribution is 2.55. The molecule has 3 rings (SSSR count). The van der Waals surface area contributed by atoms with Gasteiger partial charge >= 0.3 is 0 Å². The molecule has 0 saturated heterocycles. The molecule has 1 saturated carbocycles. The topological polar surface area (TPSA) is 29.1 Å². The highest BCUT2D eigenvalue weighted by atomic mass is 16.2. The number of fused-ring (bicyclic) bond motifs is 2. The standard InChI is InChI=1S/C15H19NO/c1-4-14(2,3)10-5-6-12-11(9-10)15(7-8-15)13(17)16-12/h5-6,9H,4,7-8H2,1-3H3,(H,16,17). The van der Waals surface area contributed by atoms with E-state index in [0.717, 1.165) is 24.9 Å². The molecule has 0 unspecified atom stereocenters. The van der Waals surface area contributed by atoms with Crippen LogP contribution >= 0.6 is 0 Å². The minimum absolute atomic E-state index is 0.158. The molecule has 0 bridgehead atoms. The van der Waals surface area contributed by atoms with Gasteiger partial charge in [-0.25, -0.2) is 0 Å². The van der Waals surface area contributed by atoms with E-state index >= 15 is 0 Å². The monoisotopic (exact) mass is 229 g/mol. The van der Waals surface area contributed by atoms with Gasteiger partial charge in [-0.05, 0) is 41.9 Å². The number of benzene rings is 1. The van der Waals surface area contributed by atoms with Gasteiger partial charge < -0.3 is 5.32 Å². The lowest BCUT2D eigenvalue weighted by atomic mass is 9.80. The van der Waals surface area contributed by atoms with Crippen molar-refractivity contribution < 1.29 is 4.79 Å². The van der Waals surface area contributed by atoms with Crippen LogP contribution in [0.1, 0.15) is 51.2 Å². The van der Waals surface area contributed by atoms with Crippen LogP contribution in [0, 0.1) is 0 Å². The van der Waals surface area contributed by atoms with E-state index in [1.54, 1.807) is 0 Å². The van der Waals surface area contributed by atoms with Crippen molar-refractivity contribution in [1.29, 1.82) is 0 Å². The van der Waals surface area contributed by atoms with Crippen LogP contribution in [0.25, 0.3) is 0 Å². The summed E-state index contributed by atoms with van der Waals surface area (Å²) in [5.41, 5.74) is 3.65. The van der Waals surface area contributed by atoms with Crippen molar-refractivity contribution in [1.82, 2.24) is 0 Å². The Balaban J connectivity index is 2.09. The molecule has 0 aromatic heterocycles. The molecule has 90 valence electrons. The third-order valence-corrected chi connectivity index (χ3v) is 4.63. The zero-order valence-corrected chi connectivity index (χ0v) is 10.8. The van der Waals surface area contributed by atoms with E-state index in [0.29, 0.717) is 0 Å². The molecule has 1 aliphatic carbocycles. The summed E-state index contributed by atoms with van der Waals surface area (Å²) >= 11 is 0. The quantitative estimate of drug-likeness (QED) is 0.827.